The highest BCUT2D eigenvalue weighted by molar-refractivity contribution is 5.93. The van der Waals surface area contributed by atoms with Crippen molar-refractivity contribution in [3.8, 4) is 5.75 Å². The van der Waals surface area contributed by atoms with Gasteiger partial charge in [-0.25, -0.2) is 0 Å². The number of nitrogens with one attached hydrogen (secondary N) is 2. The lowest BCUT2D eigenvalue weighted by Crippen LogP contribution is -2.13. The Morgan fingerprint density at radius 2 is 2.31 bits per heavy atom. The number of carbonyl (C=O) groups excluding carboxylic acids is 1. The Kier molecular flexibility index (Phi) is 3.10. The average Bonchev–Trinajstić information content (AvgIpc) is 2.47. The summed E-state index contributed by atoms with van der Waals surface area (Å²) in [5.41, 5.74) is 1.90. The second-order valence-corrected chi connectivity index (χ2v) is 3.91. The molecule has 0 saturated heterocycles. The summed E-state index contributed by atoms with van der Waals surface area (Å²) in [4.78, 5) is 11.4. The molecule has 1 aliphatic heterocycles. The van der Waals surface area contributed by atoms with Gasteiger partial charge in [0, 0.05) is 6.04 Å². The van der Waals surface area contributed by atoms with E-state index in [2.05, 4.69) is 17.6 Å². The zero-order valence-corrected chi connectivity index (χ0v) is 9.54. The van der Waals surface area contributed by atoms with Gasteiger partial charge in [0.05, 0.1) is 18.7 Å². The summed E-state index contributed by atoms with van der Waals surface area (Å²) < 4.78 is 5.48. The summed E-state index contributed by atoms with van der Waals surface area (Å²) in [6, 6.07) is 6.13. The van der Waals surface area contributed by atoms with Crippen LogP contribution in [0.4, 0.5) is 5.69 Å². The van der Waals surface area contributed by atoms with E-state index in [-0.39, 0.29) is 11.9 Å². The predicted octanol–water partition coefficient (Wildman–Crippen LogP) is 1.69. The number of fused-ring (bicyclic) bond motifs is 1. The summed E-state index contributed by atoms with van der Waals surface area (Å²) in [6.45, 7) is 2.51. The number of rotatable bonds is 2. The van der Waals surface area contributed by atoms with Crippen LogP contribution in [-0.4, -0.2) is 19.6 Å². The first-order valence-electron chi connectivity index (χ1n) is 5.44. The number of anilines is 1. The Balaban J connectivity index is 2.32. The van der Waals surface area contributed by atoms with Crippen molar-refractivity contribution in [3.63, 3.8) is 0 Å². The lowest BCUT2D eigenvalue weighted by molar-refractivity contribution is -0.116. The van der Waals surface area contributed by atoms with Crippen LogP contribution in [-0.2, 0) is 4.79 Å². The fraction of sp³-hybridized carbons (Fsp3) is 0.417. The minimum absolute atomic E-state index is 0.00742. The molecule has 0 bridgehead atoms. The highest BCUT2D eigenvalue weighted by Gasteiger charge is 2.15. The minimum atomic E-state index is 0.00742. The van der Waals surface area contributed by atoms with Gasteiger partial charge in [0.2, 0.25) is 5.91 Å². The Hall–Kier alpha value is -1.55. The van der Waals surface area contributed by atoms with E-state index in [4.69, 9.17) is 4.74 Å². The van der Waals surface area contributed by atoms with Crippen molar-refractivity contribution < 1.29 is 9.53 Å². The third kappa shape index (κ3) is 2.17. The van der Waals surface area contributed by atoms with Gasteiger partial charge in [0.15, 0.2) is 0 Å². The standard InChI is InChI=1S/C12H16N2O2/c1-8(13-2)9-3-4-11-10(7-9)14-12(15)5-6-16-11/h3-4,7-8,13H,5-6H2,1-2H3,(H,14,15). The molecule has 4 heteroatoms. The molecule has 0 aliphatic carbocycles. The monoisotopic (exact) mass is 220 g/mol. The van der Waals surface area contributed by atoms with Crippen LogP contribution in [0.3, 0.4) is 0 Å². The third-order valence-electron chi connectivity index (χ3n) is 2.80. The van der Waals surface area contributed by atoms with Gasteiger partial charge in [-0.1, -0.05) is 6.07 Å². The molecule has 4 nitrogen and oxygen atoms in total. The van der Waals surface area contributed by atoms with Crippen molar-refractivity contribution in [1.82, 2.24) is 5.32 Å². The maximum atomic E-state index is 11.4. The van der Waals surface area contributed by atoms with Crippen LogP contribution in [0.5, 0.6) is 5.75 Å². The molecule has 1 aliphatic rings. The van der Waals surface area contributed by atoms with E-state index in [1.807, 2.05) is 25.2 Å². The second-order valence-electron chi connectivity index (χ2n) is 3.91. The maximum absolute atomic E-state index is 11.4. The molecule has 86 valence electrons. The number of hydrogen-bond acceptors (Lipinski definition) is 3. The Morgan fingerprint density at radius 1 is 1.50 bits per heavy atom. The van der Waals surface area contributed by atoms with Gasteiger partial charge in [-0.15, -0.1) is 0 Å². The van der Waals surface area contributed by atoms with E-state index in [0.717, 1.165) is 17.0 Å². The van der Waals surface area contributed by atoms with Crippen molar-refractivity contribution in [2.75, 3.05) is 19.0 Å². The molecule has 1 heterocycles. The lowest BCUT2D eigenvalue weighted by atomic mass is 10.1. The fourth-order valence-electron chi connectivity index (χ4n) is 1.67. The second kappa shape index (κ2) is 4.53. The van der Waals surface area contributed by atoms with E-state index in [1.165, 1.54) is 0 Å². The van der Waals surface area contributed by atoms with Gasteiger partial charge < -0.3 is 15.4 Å². The van der Waals surface area contributed by atoms with Crippen LogP contribution in [0.25, 0.3) is 0 Å². The van der Waals surface area contributed by atoms with Crippen molar-refractivity contribution in [2.45, 2.75) is 19.4 Å². The van der Waals surface area contributed by atoms with E-state index >= 15 is 0 Å². The van der Waals surface area contributed by atoms with Crippen molar-refractivity contribution >= 4 is 11.6 Å². The van der Waals surface area contributed by atoms with Crippen molar-refractivity contribution in [1.29, 1.82) is 0 Å². The molecule has 1 atom stereocenters. The largest absolute Gasteiger partial charge is 0.491 e. The maximum Gasteiger partial charge on any atom is 0.227 e. The SMILES string of the molecule is CNC(C)c1ccc2c(c1)NC(=O)CCO2. The molecule has 0 saturated carbocycles. The first kappa shape index (κ1) is 11.0. The van der Waals surface area contributed by atoms with E-state index in [0.29, 0.717) is 13.0 Å². The lowest BCUT2D eigenvalue weighted by Gasteiger charge is -2.14. The highest BCUT2D eigenvalue weighted by atomic mass is 16.5. The minimum Gasteiger partial charge on any atom is -0.491 e. The molecule has 0 radical (unpaired) electrons. The quantitative estimate of drug-likeness (QED) is 0.797. The molecule has 2 rings (SSSR count). The summed E-state index contributed by atoms with van der Waals surface area (Å²) in [5.74, 6) is 0.755. The van der Waals surface area contributed by atoms with Crippen molar-refractivity contribution in [2.24, 2.45) is 0 Å². The van der Waals surface area contributed by atoms with Gasteiger partial charge in [-0.2, -0.15) is 0 Å². The number of benzene rings is 1. The van der Waals surface area contributed by atoms with Crippen LogP contribution in [0, 0.1) is 0 Å². The highest BCUT2D eigenvalue weighted by Crippen LogP contribution is 2.29. The van der Waals surface area contributed by atoms with Crippen LogP contribution in [0.15, 0.2) is 18.2 Å². The molecule has 1 unspecified atom stereocenters. The van der Waals surface area contributed by atoms with Crippen LogP contribution in [0.2, 0.25) is 0 Å². The van der Waals surface area contributed by atoms with E-state index in [1.54, 1.807) is 0 Å². The van der Waals surface area contributed by atoms with Gasteiger partial charge in [-0.05, 0) is 31.7 Å². The molecule has 2 N–H and O–H groups in total. The number of amides is 1. The van der Waals surface area contributed by atoms with Crippen LogP contribution in [0.1, 0.15) is 24.9 Å². The smallest absolute Gasteiger partial charge is 0.227 e. The molecule has 0 fully saturated rings. The van der Waals surface area contributed by atoms with Gasteiger partial charge in [-0.3, -0.25) is 4.79 Å². The summed E-state index contributed by atoms with van der Waals surface area (Å²) in [6.07, 6.45) is 0.408. The molecule has 0 spiro atoms. The first-order valence-corrected chi connectivity index (χ1v) is 5.44. The van der Waals surface area contributed by atoms with Gasteiger partial charge >= 0.3 is 0 Å². The molecular formula is C12H16N2O2. The van der Waals surface area contributed by atoms with Crippen molar-refractivity contribution in [3.05, 3.63) is 23.8 Å². The molecule has 16 heavy (non-hydrogen) atoms. The summed E-state index contributed by atoms with van der Waals surface area (Å²) >= 11 is 0. The molecule has 1 amide bonds. The topological polar surface area (TPSA) is 50.4 Å². The molecule has 0 aromatic heterocycles. The molecule has 1 aromatic rings. The van der Waals surface area contributed by atoms with E-state index < -0.39 is 0 Å². The Labute approximate surface area is 95.0 Å². The fourth-order valence-corrected chi connectivity index (χ4v) is 1.67. The zero-order chi connectivity index (χ0) is 11.5. The number of ether oxygens (including phenoxy) is 1. The van der Waals surface area contributed by atoms with Crippen LogP contribution < -0.4 is 15.4 Å². The molecular weight excluding hydrogens is 204 g/mol. The average molecular weight is 220 g/mol. The normalized spacial score (nSPS) is 16.8. The van der Waals surface area contributed by atoms with E-state index in [9.17, 15) is 4.79 Å². The third-order valence-corrected chi connectivity index (χ3v) is 2.80. The predicted molar refractivity (Wildman–Crippen MR) is 62.7 cm³/mol. The van der Waals surface area contributed by atoms with Crippen LogP contribution >= 0.6 is 0 Å². The Morgan fingerprint density at radius 3 is 3.06 bits per heavy atom. The summed E-state index contributed by atoms with van der Waals surface area (Å²) in [7, 11) is 1.91. The zero-order valence-electron chi connectivity index (χ0n) is 9.54. The number of hydrogen-bond donors (Lipinski definition) is 2. The first-order chi connectivity index (χ1) is 7.70. The van der Waals surface area contributed by atoms with Gasteiger partial charge in [0.1, 0.15) is 5.75 Å². The number of carbonyl (C=O) groups is 1. The Bertz CT molecular complexity index is 404. The molecule has 1 aromatic carbocycles. The van der Waals surface area contributed by atoms with Gasteiger partial charge in [0.25, 0.3) is 0 Å². The summed E-state index contributed by atoms with van der Waals surface area (Å²) in [5, 5.41) is 6.01.